The third kappa shape index (κ3) is 7.41. The van der Waals surface area contributed by atoms with E-state index in [1.54, 1.807) is 23.8 Å². The molecule has 0 aromatic heterocycles. The van der Waals surface area contributed by atoms with Crippen molar-refractivity contribution < 1.29 is 14.3 Å². The summed E-state index contributed by atoms with van der Waals surface area (Å²) >= 11 is 1.56. The Bertz CT molecular complexity index is 794. The minimum absolute atomic E-state index is 0.0249. The zero-order valence-electron chi connectivity index (χ0n) is 18.3. The lowest BCUT2D eigenvalue weighted by molar-refractivity contribution is -0.139. The van der Waals surface area contributed by atoms with Crippen molar-refractivity contribution in [3.8, 4) is 5.75 Å². The van der Waals surface area contributed by atoms with Crippen LogP contribution in [0.25, 0.3) is 0 Å². The van der Waals surface area contributed by atoms with Crippen molar-refractivity contribution in [2.24, 2.45) is 0 Å². The molecule has 0 spiro atoms. The molecule has 0 aliphatic rings. The van der Waals surface area contributed by atoms with Crippen LogP contribution in [0.2, 0.25) is 0 Å². The van der Waals surface area contributed by atoms with Crippen LogP contribution in [0.1, 0.15) is 38.3 Å². The number of benzene rings is 2. The smallest absolute Gasteiger partial charge is 0.243 e. The number of thioether (sulfide) groups is 1. The highest BCUT2D eigenvalue weighted by Crippen LogP contribution is 2.19. The maximum absolute atomic E-state index is 13.1. The van der Waals surface area contributed by atoms with Gasteiger partial charge in [0.15, 0.2) is 0 Å². The zero-order valence-corrected chi connectivity index (χ0v) is 19.1. The Kier molecular flexibility index (Phi) is 9.74. The fraction of sp³-hybridized carbons (Fsp3) is 0.417. The first kappa shape index (κ1) is 23.8. The second-order valence-electron chi connectivity index (χ2n) is 7.44. The molecule has 0 unspecified atom stereocenters. The van der Waals surface area contributed by atoms with E-state index in [-0.39, 0.29) is 17.9 Å². The van der Waals surface area contributed by atoms with E-state index in [0.29, 0.717) is 18.7 Å². The number of carbonyl (C=O) groups is 2. The molecule has 5 nitrogen and oxygen atoms in total. The molecular weight excluding hydrogens is 396 g/mol. The summed E-state index contributed by atoms with van der Waals surface area (Å²) in [6, 6.07) is 17.2. The van der Waals surface area contributed by atoms with Gasteiger partial charge >= 0.3 is 0 Å². The molecule has 2 rings (SSSR count). The maximum Gasteiger partial charge on any atom is 0.243 e. The van der Waals surface area contributed by atoms with Crippen LogP contribution in [0.15, 0.2) is 54.6 Å². The van der Waals surface area contributed by atoms with Crippen LogP contribution in [0.4, 0.5) is 0 Å². The van der Waals surface area contributed by atoms with Crippen LogP contribution in [-0.2, 0) is 21.9 Å². The zero-order chi connectivity index (χ0) is 21.9. The number of ether oxygens (including phenoxy) is 1. The number of nitrogens with one attached hydrogen (secondary N) is 1. The van der Waals surface area contributed by atoms with E-state index in [2.05, 4.69) is 5.32 Å². The molecule has 2 aromatic rings. The standard InChI is InChI=1S/C24H32N2O3S/c1-5-22(24(28)25-18(2)3)26(15-19-9-7-6-8-10-19)23(27)17-30-16-20-11-13-21(29-4)14-12-20/h6-14,18,22H,5,15-17H2,1-4H3,(H,25,28)/t22-/m1/s1. The Labute approximate surface area is 184 Å². The average molecular weight is 429 g/mol. The molecular formula is C24H32N2O3S. The van der Waals surface area contributed by atoms with Gasteiger partial charge in [0.1, 0.15) is 11.8 Å². The first-order chi connectivity index (χ1) is 14.4. The van der Waals surface area contributed by atoms with Crippen LogP contribution in [0.3, 0.4) is 0 Å². The fourth-order valence-electron chi connectivity index (χ4n) is 3.14. The highest BCUT2D eigenvalue weighted by molar-refractivity contribution is 7.99. The highest BCUT2D eigenvalue weighted by atomic mass is 32.2. The predicted molar refractivity (Wildman–Crippen MR) is 124 cm³/mol. The Morgan fingerprint density at radius 2 is 1.70 bits per heavy atom. The molecule has 1 N–H and O–H groups in total. The van der Waals surface area contributed by atoms with Crippen LogP contribution >= 0.6 is 11.8 Å². The van der Waals surface area contributed by atoms with Crippen molar-refractivity contribution in [1.29, 1.82) is 0 Å². The molecule has 2 aromatic carbocycles. The second kappa shape index (κ2) is 12.3. The summed E-state index contributed by atoms with van der Waals surface area (Å²) in [4.78, 5) is 27.6. The van der Waals surface area contributed by atoms with E-state index in [1.165, 1.54) is 0 Å². The Hall–Kier alpha value is -2.47. The summed E-state index contributed by atoms with van der Waals surface area (Å²) in [5.74, 6) is 1.74. The molecule has 1 atom stereocenters. The third-order valence-corrected chi connectivity index (χ3v) is 5.65. The number of methoxy groups -OCH3 is 1. The normalized spacial score (nSPS) is 11.8. The van der Waals surface area contributed by atoms with Crippen LogP contribution in [0.5, 0.6) is 5.75 Å². The van der Waals surface area contributed by atoms with Gasteiger partial charge in [-0.2, -0.15) is 0 Å². The van der Waals surface area contributed by atoms with Crippen molar-refractivity contribution >= 4 is 23.6 Å². The molecule has 0 aliphatic carbocycles. The van der Waals surface area contributed by atoms with Crippen molar-refractivity contribution in [3.63, 3.8) is 0 Å². The highest BCUT2D eigenvalue weighted by Gasteiger charge is 2.28. The molecule has 0 saturated heterocycles. The summed E-state index contributed by atoms with van der Waals surface area (Å²) in [7, 11) is 1.64. The molecule has 0 fully saturated rings. The lowest BCUT2D eigenvalue weighted by Crippen LogP contribution is -2.50. The lowest BCUT2D eigenvalue weighted by atomic mass is 10.1. The summed E-state index contributed by atoms with van der Waals surface area (Å²) < 4.78 is 5.18. The Morgan fingerprint density at radius 1 is 1.03 bits per heavy atom. The molecule has 30 heavy (non-hydrogen) atoms. The maximum atomic E-state index is 13.1. The molecule has 2 amide bonds. The SMILES string of the molecule is CC[C@H](C(=O)NC(C)C)N(Cc1ccccc1)C(=O)CSCc1ccc(OC)cc1. The van der Waals surface area contributed by atoms with Crippen LogP contribution < -0.4 is 10.1 Å². The van der Waals surface area contributed by atoms with Gasteiger partial charge in [0.25, 0.3) is 0 Å². The Morgan fingerprint density at radius 3 is 2.27 bits per heavy atom. The minimum Gasteiger partial charge on any atom is -0.497 e. The molecule has 0 heterocycles. The van der Waals surface area contributed by atoms with Crippen molar-refractivity contribution in [3.05, 3.63) is 65.7 Å². The molecule has 0 radical (unpaired) electrons. The average Bonchev–Trinajstić information content (AvgIpc) is 2.74. The summed E-state index contributed by atoms with van der Waals surface area (Å²) in [5.41, 5.74) is 2.15. The van der Waals surface area contributed by atoms with Gasteiger partial charge in [0, 0.05) is 18.3 Å². The lowest BCUT2D eigenvalue weighted by Gasteiger charge is -2.31. The van der Waals surface area contributed by atoms with Gasteiger partial charge < -0.3 is 15.0 Å². The number of carbonyl (C=O) groups excluding carboxylic acids is 2. The van der Waals surface area contributed by atoms with Crippen molar-refractivity contribution in [2.75, 3.05) is 12.9 Å². The first-order valence-electron chi connectivity index (χ1n) is 10.3. The number of nitrogens with zero attached hydrogens (tertiary/aromatic N) is 1. The summed E-state index contributed by atoms with van der Waals surface area (Å²) in [6.07, 6.45) is 0.570. The molecule has 0 saturated carbocycles. The van der Waals surface area contributed by atoms with E-state index in [1.807, 2.05) is 75.4 Å². The van der Waals surface area contributed by atoms with E-state index in [9.17, 15) is 9.59 Å². The predicted octanol–water partition coefficient (Wildman–Crippen LogP) is 4.26. The summed E-state index contributed by atoms with van der Waals surface area (Å²) in [6.45, 7) is 6.23. The van der Waals surface area contributed by atoms with Crippen LogP contribution in [0, 0.1) is 0 Å². The van der Waals surface area contributed by atoms with Gasteiger partial charge in [-0.1, -0.05) is 49.4 Å². The topological polar surface area (TPSA) is 58.6 Å². The van der Waals surface area contributed by atoms with E-state index >= 15 is 0 Å². The van der Waals surface area contributed by atoms with E-state index < -0.39 is 6.04 Å². The van der Waals surface area contributed by atoms with E-state index in [0.717, 1.165) is 22.6 Å². The Balaban J connectivity index is 2.07. The molecule has 6 heteroatoms. The third-order valence-electron chi connectivity index (χ3n) is 4.67. The van der Waals surface area contributed by atoms with Crippen molar-refractivity contribution in [1.82, 2.24) is 10.2 Å². The first-order valence-corrected chi connectivity index (χ1v) is 11.4. The van der Waals surface area contributed by atoms with Gasteiger partial charge in [-0.15, -0.1) is 11.8 Å². The summed E-state index contributed by atoms with van der Waals surface area (Å²) in [5, 5.41) is 2.96. The minimum atomic E-state index is -0.485. The monoisotopic (exact) mass is 428 g/mol. The molecule has 162 valence electrons. The van der Waals surface area contributed by atoms with Gasteiger partial charge in [-0.25, -0.2) is 0 Å². The number of hydrogen-bond acceptors (Lipinski definition) is 4. The number of amides is 2. The van der Waals surface area contributed by atoms with Gasteiger partial charge in [-0.3, -0.25) is 9.59 Å². The van der Waals surface area contributed by atoms with E-state index in [4.69, 9.17) is 4.74 Å². The molecule has 0 bridgehead atoms. The van der Waals surface area contributed by atoms with Gasteiger partial charge in [-0.05, 0) is 43.5 Å². The van der Waals surface area contributed by atoms with Gasteiger partial charge in [0.2, 0.25) is 11.8 Å². The van der Waals surface area contributed by atoms with Crippen molar-refractivity contribution in [2.45, 2.75) is 51.6 Å². The largest absolute Gasteiger partial charge is 0.497 e. The van der Waals surface area contributed by atoms with Crippen LogP contribution in [-0.4, -0.2) is 41.7 Å². The number of hydrogen-bond donors (Lipinski definition) is 1. The molecule has 0 aliphatic heterocycles. The second-order valence-corrected chi connectivity index (χ2v) is 8.42. The quantitative estimate of drug-likeness (QED) is 0.581. The fourth-order valence-corrected chi connectivity index (χ4v) is 4.01. The number of rotatable bonds is 11. The van der Waals surface area contributed by atoms with Gasteiger partial charge in [0.05, 0.1) is 12.9 Å².